The van der Waals surface area contributed by atoms with Crippen molar-refractivity contribution in [2.24, 2.45) is 0 Å². The first kappa shape index (κ1) is 13.4. The molecule has 1 aliphatic carbocycles. The molecular weight excluding hydrogens is 276 g/mol. The van der Waals surface area contributed by atoms with Gasteiger partial charge in [0.15, 0.2) is 9.84 Å². The number of fused-ring (bicyclic) bond motifs is 1. The van der Waals surface area contributed by atoms with Gasteiger partial charge in [-0.2, -0.15) is 0 Å². The Labute approximate surface area is 118 Å². The van der Waals surface area contributed by atoms with E-state index in [0.717, 1.165) is 24.0 Å². The maximum absolute atomic E-state index is 12.3. The molecule has 108 valence electrons. The summed E-state index contributed by atoms with van der Waals surface area (Å²) in [7, 11) is -3.31. The lowest BCUT2D eigenvalue weighted by atomic mass is 10.00. The van der Waals surface area contributed by atoms with Gasteiger partial charge in [0.25, 0.3) is 0 Å². The van der Waals surface area contributed by atoms with Crippen LogP contribution in [0.4, 0.5) is 4.79 Å². The quantitative estimate of drug-likeness (QED) is 0.893. The molecule has 0 saturated heterocycles. The van der Waals surface area contributed by atoms with Gasteiger partial charge in [0.05, 0.1) is 0 Å². The van der Waals surface area contributed by atoms with Crippen LogP contribution in [0.3, 0.4) is 0 Å². The van der Waals surface area contributed by atoms with E-state index in [1.165, 1.54) is 11.2 Å². The molecule has 1 aromatic carbocycles. The summed E-state index contributed by atoms with van der Waals surface area (Å²) >= 11 is 0. The Bertz CT molecular complexity index is 638. The van der Waals surface area contributed by atoms with E-state index < -0.39 is 15.2 Å². The molecule has 0 spiro atoms. The second kappa shape index (κ2) is 4.77. The molecule has 0 bridgehead atoms. The third kappa shape index (κ3) is 2.65. The smallest absolute Gasteiger partial charge is 0.319 e. The van der Waals surface area contributed by atoms with Crippen LogP contribution >= 0.6 is 0 Å². The Morgan fingerprint density at radius 1 is 1.25 bits per heavy atom. The first-order valence-corrected chi connectivity index (χ1v) is 8.73. The summed E-state index contributed by atoms with van der Waals surface area (Å²) in [4.78, 5) is 13.7. The number of hydrogen-bond donors (Lipinski definition) is 1. The van der Waals surface area contributed by atoms with Crippen molar-refractivity contribution in [2.75, 3.05) is 6.26 Å². The topological polar surface area (TPSA) is 66.5 Å². The number of amides is 2. The first-order chi connectivity index (χ1) is 9.45. The van der Waals surface area contributed by atoms with Gasteiger partial charge in [0.2, 0.25) is 0 Å². The number of nitrogens with one attached hydrogen (secondary N) is 1. The highest BCUT2D eigenvalue weighted by atomic mass is 32.2. The van der Waals surface area contributed by atoms with Crippen molar-refractivity contribution in [3.05, 3.63) is 35.4 Å². The molecule has 5 nitrogen and oxygen atoms in total. The van der Waals surface area contributed by atoms with Gasteiger partial charge in [0.1, 0.15) is 5.37 Å². The normalized spacial score (nSPS) is 22.2. The number of benzene rings is 1. The fourth-order valence-electron chi connectivity index (χ4n) is 2.56. The second-order valence-corrected chi connectivity index (χ2v) is 7.81. The highest BCUT2D eigenvalue weighted by Gasteiger charge is 2.37. The van der Waals surface area contributed by atoms with Crippen LogP contribution in [0.5, 0.6) is 0 Å². The van der Waals surface area contributed by atoms with Crippen molar-refractivity contribution in [3.63, 3.8) is 0 Å². The van der Waals surface area contributed by atoms with Crippen LogP contribution < -0.4 is 5.32 Å². The summed E-state index contributed by atoms with van der Waals surface area (Å²) in [5.41, 5.74) is 2.04. The number of carbonyl (C=O) groups excluding carboxylic acids is 1. The third-order valence-electron chi connectivity index (χ3n) is 3.86. The molecule has 1 saturated carbocycles. The van der Waals surface area contributed by atoms with Crippen molar-refractivity contribution >= 4 is 15.9 Å². The minimum absolute atomic E-state index is 0.222. The largest absolute Gasteiger partial charge is 0.335 e. The minimum Gasteiger partial charge on any atom is -0.335 e. The average molecular weight is 294 g/mol. The van der Waals surface area contributed by atoms with Crippen molar-refractivity contribution in [1.29, 1.82) is 0 Å². The molecule has 1 N–H and O–H groups in total. The van der Waals surface area contributed by atoms with Gasteiger partial charge in [-0.25, -0.2) is 13.2 Å². The summed E-state index contributed by atoms with van der Waals surface area (Å²) in [6, 6.07) is 7.65. The van der Waals surface area contributed by atoms with E-state index in [-0.39, 0.29) is 12.1 Å². The van der Waals surface area contributed by atoms with E-state index in [0.29, 0.717) is 13.0 Å². The molecule has 20 heavy (non-hydrogen) atoms. The maximum Gasteiger partial charge on any atom is 0.319 e. The molecule has 1 fully saturated rings. The van der Waals surface area contributed by atoms with Gasteiger partial charge in [-0.3, -0.25) is 0 Å². The van der Waals surface area contributed by atoms with E-state index in [9.17, 15) is 13.2 Å². The number of sulfone groups is 1. The van der Waals surface area contributed by atoms with Crippen LogP contribution in [-0.4, -0.2) is 37.0 Å². The van der Waals surface area contributed by atoms with E-state index in [1.54, 1.807) is 0 Å². The van der Waals surface area contributed by atoms with Crippen molar-refractivity contribution in [2.45, 2.75) is 37.2 Å². The van der Waals surface area contributed by atoms with Crippen molar-refractivity contribution in [1.82, 2.24) is 10.2 Å². The molecule has 1 aromatic rings. The SMILES string of the molecule is CS(=O)(=O)C1Cc2ccccc2CN1C(=O)NC1CC1. The van der Waals surface area contributed by atoms with Gasteiger partial charge >= 0.3 is 6.03 Å². The molecule has 0 aromatic heterocycles. The number of urea groups is 1. The number of nitrogens with zero attached hydrogens (tertiary/aromatic N) is 1. The lowest BCUT2D eigenvalue weighted by molar-refractivity contribution is 0.183. The van der Waals surface area contributed by atoms with E-state index in [2.05, 4.69) is 5.32 Å². The highest BCUT2D eigenvalue weighted by molar-refractivity contribution is 7.91. The highest BCUT2D eigenvalue weighted by Crippen LogP contribution is 2.27. The Kier molecular flexibility index (Phi) is 3.20. The lowest BCUT2D eigenvalue weighted by Gasteiger charge is -2.35. The van der Waals surface area contributed by atoms with E-state index in [4.69, 9.17) is 0 Å². The molecule has 1 unspecified atom stereocenters. The van der Waals surface area contributed by atoms with Crippen LogP contribution in [0.15, 0.2) is 24.3 Å². The maximum atomic E-state index is 12.3. The van der Waals surface area contributed by atoms with Crippen LogP contribution in [0.2, 0.25) is 0 Å². The average Bonchev–Trinajstić information content (AvgIpc) is 3.20. The summed E-state index contributed by atoms with van der Waals surface area (Å²) in [5, 5.41) is 2.11. The molecular formula is C14H18N2O3S. The molecule has 1 aliphatic heterocycles. The minimum atomic E-state index is -3.31. The van der Waals surface area contributed by atoms with Gasteiger partial charge in [0, 0.05) is 25.3 Å². The Balaban J connectivity index is 1.91. The summed E-state index contributed by atoms with van der Waals surface area (Å²) in [6.07, 6.45) is 3.54. The molecule has 3 rings (SSSR count). The van der Waals surface area contributed by atoms with Gasteiger partial charge in [-0.1, -0.05) is 24.3 Å². The summed E-state index contributed by atoms with van der Waals surface area (Å²) in [5.74, 6) is 0. The summed E-state index contributed by atoms with van der Waals surface area (Å²) < 4.78 is 24.0. The standard InChI is InChI=1S/C14H18N2O3S/c1-20(18,19)13-8-10-4-2-3-5-11(10)9-16(13)14(17)15-12-6-7-12/h2-5,12-13H,6-9H2,1H3,(H,15,17). The Morgan fingerprint density at radius 3 is 2.50 bits per heavy atom. The summed E-state index contributed by atoms with van der Waals surface area (Å²) in [6.45, 7) is 0.354. The third-order valence-corrected chi connectivity index (χ3v) is 5.27. The van der Waals surface area contributed by atoms with Crippen molar-refractivity contribution in [3.8, 4) is 0 Å². The Morgan fingerprint density at radius 2 is 1.90 bits per heavy atom. The zero-order valence-electron chi connectivity index (χ0n) is 11.4. The number of rotatable bonds is 2. The number of hydrogen-bond acceptors (Lipinski definition) is 3. The van der Waals surface area contributed by atoms with Crippen LogP contribution in [-0.2, 0) is 22.8 Å². The molecule has 6 heteroatoms. The van der Waals surface area contributed by atoms with Gasteiger partial charge in [-0.15, -0.1) is 0 Å². The molecule has 2 aliphatic rings. The first-order valence-electron chi connectivity index (χ1n) is 6.78. The van der Waals surface area contributed by atoms with Crippen LogP contribution in [0, 0.1) is 0 Å². The van der Waals surface area contributed by atoms with E-state index >= 15 is 0 Å². The Hall–Kier alpha value is -1.56. The molecule has 2 amide bonds. The lowest BCUT2D eigenvalue weighted by Crippen LogP contribution is -2.52. The van der Waals surface area contributed by atoms with Crippen LogP contribution in [0.1, 0.15) is 24.0 Å². The fourth-order valence-corrected chi connectivity index (χ4v) is 3.68. The predicted molar refractivity (Wildman–Crippen MR) is 75.9 cm³/mol. The van der Waals surface area contributed by atoms with Gasteiger partial charge in [-0.05, 0) is 24.0 Å². The molecule has 0 radical (unpaired) electrons. The molecule has 1 atom stereocenters. The fraction of sp³-hybridized carbons (Fsp3) is 0.500. The predicted octanol–water partition coefficient (Wildman–Crippen LogP) is 1.29. The zero-order valence-corrected chi connectivity index (χ0v) is 12.2. The zero-order chi connectivity index (χ0) is 14.3. The number of carbonyl (C=O) groups is 1. The van der Waals surface area contributed by atoms with Gasteiger partial charge < -0.3 is 10.2 Å². The van der Waals surface area contributed by atoms with Crippen LogP contribution in [0.25, 0.3) is 0 Å². The monoisotopic (exact) mass is 294 g/mol. The van der Waals surface area contributed by atoms with Crippen molar-refractivity contribution < 1.29 is 13.2 Å². The van der Waals surface area contributed by atoms with E-state index in [1.807, 2.05) is 24.3 Å². The second-order valence-electron chi connectivity index (χ2n) is 5.61. The molecule has 1 heterocycles.